The highest BCUT2D eigenvalue weighted by Crippen LogP contribution is 2.30. The molecule has 0 amide bonds. The minimum absolute atomic E-state index is 0.520. The van der Waals surface area contributed by atoms with Gasteiger partial charge in [0, 0.05) is 12.0 Å². The van der Waals surface area contributed by atoms with E-state index >= 15 is 0 Å². The Morgan fingerprint density at radius 2 is 2.11 bits per heavy atom. The average Bonchev–Trinajstić information content (AvgIpc) is 2.28. The lowest BCUT2D eigenvalue weighted by Gasteiger charge is -2.25. The molecule has 0 unspecified atom stereocenters. The van der Waals surface area contributed by atoms with Crippen LogP contribution in [0.15, 0.2) is 0 Å². The Bertz CT molecular complexity index is 405. The van der Waals surface area contributed by atoms with Crippen LogP contribution >= 0.6 is 11.6 Å². The molecular weight excluding hydrogens is 248 g/mol. The maximum atomic E-state index is 6.10. The second-order valence-corrected chi connectivity index (χ2v) is 5.40. The molecule has 1 heterocycles. The summed E-state index contributed by atoms with van der Waals surface area (Å²) in [6, 6.07) is 0. The zero-order chi connectivity index (χ0) is 13.0. The molecule has 0 radical (unpaired) electrons. The first-order valence-corrected chi connectivity index (χ1v) is 7.24. The van der Waals surface area contributed by atoms with Gasteiger partial charge in [0.1, 0.15) is 11.0 Å². The molecule has 0 aliphatic heterocycles. The zero-order valence-electron chi connectivity index (χ0n) is 11.2. The molecular formula is C14H21ClN2O. The van der Waals surface area contributed by atoms with Gasteiger partial charge in [0.2, 0.25) is 5.88 Å². The van der Waals surface area contributed by atoms with Crippen LogP contribution in [0.4, 0.5) is 0 Å². The van der Waals surface area contributed by atoms with Gasteiger partial charge in [-0.1, -0.05) is 37.8 Å². The van der Waals surface area contributed by atoms with Crippen LogP contribution in [-0.2, 0) is 6.42 Å². The number of nitrogens with zero attached hydrogens (tertiary/aromatic N) is 2. The van der Waals surface area contributed by atoms with Crippen LogP contribution in [0.1, 0.15) is 50.4 Å². The number of halogens is 1. The topological polar surface area (TPSA) is 35.0 Å². The summed E-state index contributed by atoms with van der Waals surface area (Å²) < 4.78 is 5.78. The van der Waals surface area contributed by atoms with Crippen molar-refractivity contribution >= 4 is 11.6 Å². The molecule has 1 aromatic heterocycles. The lowest BCUT2D eigenvalue weighted by Crippen LogP contribution is -2.15. The van der Waals surface area contributed by atoms with E-state index in [0.29, 0.717) is 11.0 Å². The van der Waals surface area contributed by atoms with Crippen molar-refractivity contribution in [1.29, 1.82) is 0 Å². The van der Waals surface area contributed by atoms with Gasteiger partial charge < -0.3 is 4.74 Å². The van der Waals surface area contributed by atoms with E-state index in [9.17, 15) is 0 Å². The highest BCUT2D eigenvalue weighted by Gasteiger charge is 2.17. The van der Waals surface area contributed by atoms with Crippen molar-refractivity contribution in [2.45, 2.75) is 52.4 Å². The van der Waals surface area contributed by atoms with Gasteiger partial charge in [-0.05, 0) is 25.7 Å². The third-order valence-corrected chi connectivity index (χ3v) is 3.92. The van der Waals surface area contributed by atoms with Crippen molar-refractivity contribution in [3.8, 4) is 5.88 Å². The first kappa shape index (κ1) is 13.6. The minimum atomic E-state index is 0.520. The van der Waals surface area contributed by atoms with Crippen molar-refractivity contribution in [2.75, 3.05) is 6.61 Å². The molecule has 0 atom stereocenters. The molecule has 1 saturated carbocycles. The standard InChI is InChI=1S/C14H21ClN2O/c1-3-5-12-16-13(15)10(2)14(17-12)18-9-8-11-6-4-7-11/h11H,3-9H2,1-2H3. The summed E-state index contributed by atoms with van der Waals surface area (Å²) in [5, 5.41) is 0.520. The smallest absolute Gasteiger partial charge is 0.221 e. The molecule has 0 N–H and O–H groups in total. The van der Waals surface area contributed by atoms with Gasteiger partial charge in [0.25, 0.3) is 0 Å². The molecule has 1 fully saturated rings. The maximum Gasteiger partial charge on any atom is 0.221 e. The molecule has 2 rings (SSSR count). The molecule has 18 heavy (non-hydrogen) atoms. The molecule has 1 aliphatic carbocycles. The monoisotopic (exact) mass is 268 g/mol. The maximum absolute atomic E-state index is 6.10. The van der Waals surface area contributed by atoms with Gasteiger partial charge in [0.15, 0.2) is 0 Å². The Morgan fingerprint density at radius 1 is 1.33 bits per heavy atom. The minimum Gasteiger partial charge on any atom is -0.477 e. The first-order valence-electron chi connectivity index (χ1n) is 6.86. The quantitative estimate of drug-likeness (QED) is 0.733. The highest BCUT2D eigenvalue weighted by atomic mass is 35.5. The van der Waals surface area contributed by atoms with Crippen molar-refractivity contribution in [3.63, 3.8) is 0 Å². The van der Waals surface area contributed by atoms with Gasteiger partial charge in [-0.15, -0.1) is 0 Å². The predicted molar refractivity (Wildman–Crippen MR) is 73.2 cm³/mol. The molecule has 1 aromatic rings. The molecule has 0 aromatic carbocycles. The van der Waals surface area contributed by atoms with Crippen LogP contribution in [0.2, 0.25) is 5.15 Å². The number of aromatic nitrogens is 2. The average molecular weight is 269 g/mol. The Kier molecular flexibility index (Phi) is 4.81. The Balaban J connectivity index is 1.96. The second-order valence-electron chi connectivity index (χ2n) is 5.04. The molecule has 1 aliphatic rings. The Morgan fingerprint density at radius 3 is 2.72 bits per heavy atom. The fourth-order valence-electron chi connectivity index (χ4n) is 2.09. The Hall–Kier alpha value is -0.830. The van der Waals surface area contributed by atoms with E-state index in [1.807, 2.05) is 6.92 Å². The lowest BCUT2D eigenvalue weighted by atomic mass is 9.83. The molecule has 100 valence electrons. The third kappa shape index (κ3) is 3.35. The second kappa shape index (κ2) is 6.37. The first-order chi connectivity index (χ1) is 8.70. The lowest BCUT2D eigenvalue weighted by molar-refractivity contribution is 0.216. The van der Waals surface area contributed by atoms with E-state index < -0.39 is 0 Å². The van der Waals surface area contributed by atoms with Gasteiger partial charge in [0.05, 0.1) is 6.61 Å². The number of rotatable bonds is 6. The molecule has 0 spiro atoms. The van der Waals surface area contributed by atoms with E-state index in [1.54, 1.807) is 0 Å². The summed E-state index contributed by atoms with van der Waals surface area (Å²) in [7, 11) is 0. The normalized spacial score (nSPS) is 15.5. The van der Waals surface area contributed by atoms with Crippen molar-refractivity contribution in [3.05, 3.63) is 16.5 Å². The summed E-state index contributed by atoms with van der Waals surface area (Å²) in [6.45, 7) is 4.76. The summed E-state index contributed by atoms with van der Waals surface area (Å²) in [5.74, 6) is 2.31. The van der Waals surface area contributed by atoms with Gasteiger partial charge in [-0.3, -0.25) is 0 Å². The fraction of sp³-hybridized carbons (Fsp3) is 0.714. The summed E-state index contributed by atoms with van der Waals surface area (Å²) >= 11 is 6.10. The van der Waals surface area contributed by atoms with E-state index in [4.69, 9.17) is 16.3 Å². The van der Waals surface area contributed by atoms with E-state index in [0.717, 1.165) is 43.2 Å². The van der Waals surface area contributed by atoms with E-state index in [1.165, 1.54) is 19.3 Å². The number of ether oxygens (including phenoxy) is 1. The van der Waals surface area contributed by atoms with Crippen LogP contribution in [-0.4, -0.2) is 16.6 Å². The predicted octanol–water partition coefficient (Wildman–Crippen LogP) is 3.96. The van der Waals surface area contributed by atoms with Crippen LogP contribution in [0.5, 0.6) is 5.88 Å². The SMILES string of the molecule is CCCc1nc(Cl)c(C)c(OCCC2CCC2)n1. The summed E-state index contributed by atoms with van der Waals surface area (Å²) in [5.41, 5.74) is 0.852. The van der Waals surface area contributed by atoms with Crippen LogP contribution < -0.4 is 4.74 Å². The van der Waals surface area contributed by atoms with Crippen molar-refractivity contribution < 1.29 is 4.74 Å². The number of aryl methyl sites for hydroxylation is 1. The highest BCUT2D eigenvalue weighted by molar-refractivity contribution is 6.30. The van der Waals surface area contributed by atoms with Crippen LogP contribution in [0, 0.1) is 12.8 Å². The van der Waals surface area contributed by atoms with E-state index in [-0.39, 0.29) is 0 Å². The molecule has 4 heteroatoms. The molecule has 0 saturated heterocycles. The van der Waals surface area contributed by atoms with Crippen LogP contribution in [0.25, 0.3) is 0 Å². The van der Waals surface area contributed by atoms with Crippen LogP contribution in [0.3, 0.4) is 0 Å². The number of hydrogen-bond donors (Lipinski definition) is 0. The van der Waals surface area contributed by atoms with Gasteiger partial charge in [-0.25, -0.2) is 4.98 Å². The largest absolute Gasteiger partial charge is 0.477 e. The molecule has 0 bridgehead atoms. The summed E-state index contributed by atoms with van der Waals surface area (Å²) in [4.78, 5) is 8.71. The third-order valence-electron chi connectivity index (χ3n) is 3.55. The van der Waals surface area contributed by atoms with Gasteiger partial charge in [-0.2, -0.15) is 4.98 Å². The summed E-state index contributed by atoms with van der Waals surface area (Å²) in [6.07, 6.45) is 7.08. The zero-order valence-corrected chi connectivity index (χ0v) is 12.0. The van der Waals surface area contributed by atoms with E-state index in [2.05, 4.69) is 16.9 Å². The fourth-order valence-corrected chi connectivity index (χ4v) is 2.27. The van der Waals surface area contributed by atoms with Crippen molar-refractivity contribution in [2.24, 2.45) is 5.92 Å². The molecule has 3 nitrogen and oxygen atoms in total. The van der Waals surface area contributed by atoms with Crippen molar-refractivity contribution in [1.82, 2.24) is 9.97 Å². The number of hydrogen-bond acceptors (Lipinski definition) is 3. The Labute approximate surface area is 114 Å². The van der Waals surface area contributed by atoms with Gasteiger partial charge >= 0.3 is 0 Å².